The summed E-state index contributed by atoms with van der Waals surface area (Å²) in [6.45, 7) is 4.00. The van der Waals surface area contributed by atoms with E-state index >= 15 is 0 Å². The Labute approximate surface area is 140 Å². The average molecular weight is 320 g/mol. The molecule has 0 bridgehead atoms. The summed E-state index contributed by atoms with van der Waals surface area (Å²) >= 11 is 0. The van der Waals surface area contributed by atoms with Crippen molar-refractivity contribution in [1.29, 1.82) is 0 Å². The highest BCUT2D eigenvalue weighted by atomic mass is 16.3. The SMILES string of the molecule is CCCCN(C)Cc1cc(=O)c(O)cn1C1CCCCCCC1. The molecule has 0 radical (unpaired) electrons. The molecule has 0 saturated heterocycles. The van der Waals surface area contributed by atoms with E-state index in [1.807, 2.05) is 0 Å². The third-order valence-electron chi connectivity index (χ3n) is 4.94. The zero-order valence-electron chi connectivity index (χ0n) is 14.8. The Kier molecular flexibility index (Phi) is 7.15. The minimum Gasteiger partial charge on any atom is -0.503 e. The van der Waals surface area contributed by atoms with E-state index < -0.39 is 0 Å². The van der Waals surface area contributed by atoms with Crippen molar-refractivity contribution in [2.75, 3.05) is 13.6 Å². The summed E-state index contributed by atoms with van der Waals surface area (Å²) in [7, 11) is 2.11. The molecule has 1 aromatic heterocycles. The van der Waals surface area contributed by atoms with Crippen molar-refractivity contribution in [2.45, 2.75) is 77.3 Å². The fraction of sp³-hybridized carbons (Fsp3) is 0.737. The van der Waals surface area contributed by atoms with Gasteiger partial charge < -0.3 is 14.6 Å². The van der Waals surface area contributed by atoms with Crippen LogP contribution in [0.5, 0.6) is 5.75 Å². The predicted octanol–water partition coefficient (Wildman–Crippen LogP) is 4.07. The molecule has 0 amide bonds. The number of pyridine rings is 1. The highest BCUT2D eigenvalue weighted by molar-refractivity contribution is 5.21. The Morgan fingerprint density at radius 2 is 1.87 bits per heavy atom. The molecule has 1 fully saturated rings. The van der Waals surface area contributed by atoms with E-state index in [9.17, 15) is 9.90 Å². The third-order valence-corrected chi connectivity index (χ3v) is 4.94. The molecular weight excluding hydrogens is 288 g/mol. The smallest absolute Gasteiger partial charge is 0.223 e. The molecule has 1 aliphatic carbocycles. The molecular formula is C19H32N2O2. The zero-order valence-corrected chi connectivity index (χ0v) is 14.8. The lowest BCUT2D eigenvalue weighted by molar-refractivity contribution is 0.293. The van der Waals surface area contributed by atoms with Gasteiger partial charge in [0.2, 0.25) is 5.43 Å². The molecule has 4 heteroatoms. The van der Waals surface area contributed by atoms with Gasteiger partial charge in [-0.15, -0.1) is 0 Å². The van der Waals surface area contributed by atoms with E-state index in [-0.39, 0.29) is 11.2 Å². The lowest BCUT2D eigenvalue weighted by atomic mass is 9.96. The molecule has 0 atom stereocenters. The number of unbranched alkanes of at least 4 members (excludes halogenated alkanes) is 1. The van der Waals surface area contributed by atoms with Gasteiger partial charge in [0.1, 0.15) is 0 Å². The van der Waals surface area contributed by atoms with Gasteiger partial charge in [0.15, 0.2) is 5.75 Å². The van der Waals surface area contributed by atoms with Gasteiger partial charge in [-0.25, -0.2) is 0 Å². The van der Waals surface area contributed by atoms with Gasteiger partial charge in [-0.2, -0.15) is 0 Å². The molecule has 0 aromatic carbocycles. The van der Waals surface area contributed by atoms with E-state index in [0.717, 1.165) is 31.6 Å². The molecule has 4 nitrogen and oxygen atoms in total. The maximum Gasteiger partial charge on any atom is 0.223 e. The number of aromatic hydroxyl groups is 1. The Balaban J connectivity index is 2.21. The van der Waals surface area contributed by atoms with Crippen LogP contribution >= 0.6 is 0 Å². The van der Waals surface area contributed by atoms with Crippen LogP contribution in [0.2, 0.25) is 0 Å². The summed E-state index contributed by atoms with van der Waals surface area (Å²) < 4.78 is 2.19. The maximum atomic E-state index is 11.9. The molecule has 1 heterocycles. The minimum atomic E-state index is -0.258. The molecule has 1 aliphatic rings. The molecule has 130 valence electrons. The lowest BCUT2D eigenvalue weighted by Crippen LogP contribution is -2.25. The fourth-order valence-electron chi connectivity index (χ4n) is 3.54. The molecule has 1 saturated carbocycles. The van der Waals surface area contributed by atoms with Crippen molar-refractivity contribution < 1.29 is 5.11 Å². The zero-order chi connectivity index (χ0) is 16.7. The van der Waals surface area contributed by atoms with Crippen molar-refractivity contribution >= 4 is 0 Å². The Morgan fingerprint density at radius 3 is 2.52 bits per heavy atom. The van der Waals surface area contributed by atoms with Crippen LogP contribution in [0, 0.1) is 0 Å². The highest BCUT2D eigenvalue weighted by Gasteiger charge is 2.17. The van der Waals surface area contributed by atoms with Gasteiger partial charge in [-0.3, -0.25) is 4.79 Å². The summed E-state index contributed by atoms with van der Waals surface area (Å²) in [5.41, 5.74) is 0.781. The van der Waals surface area contributed by atoms with Gasteiger partial charge in [0, 0.05) is 24.3 Å². The minimum absolute atomic E-state index is 0.118. The maximum absolute atomic E-state index is 11.9. The monoisotopic (exact) mass is 320 g/mol. The molecule has 2 rings (SSSR count). The van der Waals surface area contributed by atoms with E-state index in [2.05, 4.69) is 23.4 Å². The van der Waals surface area contributed by atoms with Gasteiger partial charge >= 0.3 is 0 Å². The topological polar surface area (TPSA) is 45.5 Å². The Morgan fingerprint density at radius 1 is 1.22 bits per heavy atom. The largest absolute Gasteiger partial charge is 0.503 e. The third kappa shape index (κ3) is 5.38. The Hall–Kier alpha value is -1.29. The number of hydrogen-bond donors (Lipinski definition) is 1. The van der Waals surface area contributed by atoms with Crippen molar-refractivity contribution in [3.05, 3.63) is 28.2 Å². The van der Waals surface area contributed by atoms with Crippen molar-refractivity contribution in [1.82, 2.24) is 9.47 Å². The van der Waals surface area contributed by atoms with Gasteiger partial charge in [-0.05, 0) is 32.9 Å². The van der Waals surface area contributed by atoms with Crippen LogP contribution < -0.4 is 5.43 Å². The second-order valence-electron chi connectivity index (χ2n) is 7.01. The fourth-order valence-corrected chi connectivity index (χ4v) is 3.54. The van der Waals surface area contributed by atoms with Crippen LogP contribution in [0.4, 0.5) is 0 Å². The number of rotatable bonds is 6. The summed E-state index contributed by atoms with van der Waals surface area (Å²) in [4.78, 5) is 14.2. The first-order valence-corrected chi connectivity index (χ1v) is 9.24. The van der Waals surface area contributed by atoms with Gasteiger partial charge in [0.05, 0.1) is 6.20 Å². The van der Waals surface area contributed by atoms with Gasteiger partial charge in [-0.1, -0.05) is 45.4 Å². The first kappa shape index (κ1) is 18.1. The van der Waals surface area contributed by atoms with Crippen molar-refractivity contribution in [2.24, 2.45) is 0 Å². The van der Waals surface area contributed by atoms with Crippen LogP contribution in [-0.2, 0) is 6.54 Å². The summed E-state index contributed by atoms with van der Waals surface area (Å²) in [6.07, 6.45) is 12.7. The molecule has 1 aromatic rings. The van der Waals surface area contributed by atoms with E-state index in [4.69, 9.17) is 0 Å². The highest BCUT2D eigenvalue weighted by Crippen LogP contribution is 2.28. The number of hydrogen-bond acceptors (Lipinski definition) is 3. The van der Waals surface area contributed by atoms with Crippen LogP contribution in [-0.4, -0.2) is 28.2 Å². The second kappa shape index (κ2) is 9.11. The number of aromatic nitrogens is 1. The summed E-state index contributed by atoms with van der Waals surface area (Å²) in [5, 5.41) is 9.91. The first-order chi connectivity index (χ1) is 11.1. The van der Waals surface area contributed by atoms with E-state index in [0.29, 0.717) is 6.04 Å². The summed E-state index contributed by atoms with van der Waals surface area (Å²) in [5.74, 6) is -0.118. The van der Waals surface area contributed by atoms with Crippen LogP contribution in [0.1, 0.15) is 76.4 Å². The van der Waals surface area contributed by atoms with E-state index in [1.54, 1.807) is 12.3 Å². The quantitative estimate of drug-likeness (QED) is 0.859. The summed E-state index contributed by atoms with van der Waals surface area (Å²) in [6, 6.07) is 2.05. The number of nitrogens with zero attached hydrogens (tertiary/aromatic N) is 2. The van der Waals surface area contributed by atoms with Crippen LogP contribution in [0.15, 0.2) is 17.1 Å². The second-order valence-corrected chi connectivity index (χ2v) is 7.01. The molecule has 1 N–H and O–H groups in total. The first-order valence-electron chi connectivity index (χ1n) is 9.24. The lowest BCUT2D eigenvalue weighted by Gasteiger charge is -2.28. The van der Waals surface area contributed by atoms with Gasteiger partial charge in [0.25, 0.3) is 0 Å². The predicted molar refractivity (Wildman–Crippen MR) is 95.0 cm³/mol. The van der Waals surface area contributed by atoms with Crippen LogP contribution in [0.25, 0.3) is 0 Å². The molecule has 0 unspecified atom stereocenters. The van der Waals surface area contributed by atoms with Crippen molar-refractivity contribution in [3.8, 4) is 5.75 Å². The average Bonchev–Trinajstić information content (AvgIpc) is 2.49. The van der Waals surface area contributed by atoms with Crippen molar-refractivity contribution in [3.63, 3.8) is 0 Å². The molecule has 0 spiro atoms. The normalized spacial score (nSPS) is 17.2. The van der Waals surface area contributed by atoms with E-state index in [1.165, 1.54) is 44.9 Å². The van der Waals surface area contributed by atoms with Crippen LogP contribution in [0.3, 0.4) is 0 Å². The molecule has 0 aliphatic heterocycles. The standard InChI is InChI=1S/C19H32N2O2/c1-3-4-12-20(2)14-17-13-18(22)19(23)15-21(17)16-10-8-6-5-7-9-11-16/h13,15-16,23H,3-12,14H2,1-2H3. The molecule has 23 heavy (non-hydrogen) atoms. The Bertz CT molecular complexity index is 531.